The van der Waals surface area contributed by atoms with Crippen molar-refractivity contribution in [2.75, 3.05) is 107 Å². The van der Waals surface area contributed by atoms with Gasteiger partial charge in [-0.1, -0.05) is 11.6 Å². The van der Waals surface area contributed by atoms with Crippen molar-refractivity contribution < 1.29 is 47.8 Å². The normalized spacial score (nSPS) is 14.0. The second-order valence-electron chi connectivity index (χ2n) is 30.3. The number of nitrogens with one attached hydrogen (secondary N) is 3. The molecule has 3 aromatic carbocycles. The summed E-state index contributed by atoms with van der Waals surface area (Å²) in [6.07, 6.45) is 30.1. The van der Waals surface area contributed by atoms with Gasteiger partial charge in [-0.3, -0.25) is 33.1 Å². The van der Waals surface area contributed by atoms with Crippen LogP contribution in [0.15, 0.2) is 160 Å². The predicted molar refractivity (Wildman–Crippen MR) is 479 cm³/mol. The number of hydrogen-bond acceptors (Lipinski definition) is 34. The lowest BCUT2D eigenvalue weighted by Crippen LogP contribution is -2.42. The molecule has 127 heavy (non-hydrogen) atoms. The molecule has 46 heteroatoms. The van der Waals surface area contributed by atoms with Gasteiger partial charge in [0.2, 0.25) is 28.4 Å². The van der Waals surface area contributed by atoms with E-state index in [4.69, 9.17) is 68.9 Å². The van der Waals surface area contributed by atoms with E-state index in [1.165, 1.54) is 19.5 Å². The largest absolute Gasteiger partial charge is 0.498 e. The van der Waals surface area contributed by atoms with Crippen LogP contribution in [0.5, 0.6) is 28.7 Å². The minimum absolute atomic E-state index is 0.105. The van der Waals surface area contributed by atoms with Crippen LogP contribution in [0.2, 0.25) is 15.7 Å². The van der Waals surface area contributed by atoms with Crippen LogP contribution in [0.3, 0.4) is 0 Å². The minimum Gasteiger partial charge on any atom is -0.494 e. The van der Waals surface area contributed by atoms with Gasteiger partial charge >= 0.3 is 7.12 Å². The van der Waals surface area contributed by atoms with Gasteiger partial charge in [0, 0.05) is 188 Å². The molecule has 0 amide bonds. The van der Waals surface area contributed by atoms with Crippen LogP contribution in [-0.2, 0) is 44.5 Å². The van der Waals surface area contributed by atoms with Crippen LogP contribution < -0.4 is 60.8 Å². The second kappa shape index (κ2) is 42.9. The number of piperidine rings is 2. The summed E-state index contributed by atoms with van der Waals surface area (Å²) in [4.78, 5) is 81.1. The highest BCUT2D eigenvalue weighted by Gasteiger charge is 2.52. The van der Waals surface area contributed by atoms with Crippen LogP contribution in [0.4, 0.5) is 56.4 Å². The van der Waals surface area contributed by atoms with Crippen LogP contribution >= 0.6 is 34.8 Å². The number of nitrogen functional groups attached to an aromatic ring is 1. The van der Waals surface area contributed by atoms with E-state index >= 15 is 0 Å². The number of aryl methyl sites for hydroxylation is 5. The minimum atomic E-state index is -1.10. The zero-order valence-electron chi connectivity index (χ0n) is 72.6. The van der Waals surface area contributed by atoms with Crippen molar-refractivity contribution in [2.45, 2.75) is 76.7 Å². The van der Waals surface area contributed by atoms with Crippen LogP contribution in [0, 0.1) is 26.0 Å². The molecule has 0 radical (unpaired) electrons. The average molecular weight is 1800 g/mol. The lowest BCUT2D eigenvalue weighted by molar-refractivity contribution is -0.711. The summed E-state index contributed by atoms with van der Waals surface area (Å²) >= 11 is 16.4. The van der Waals surface area contributed by atoms with Gasteiger partial charge in [0.1, 0.15) is 22.4 Å². The topological polar surface area (TPSA) is 444 Å². The van der Waals surface area contributed by atoms with Gasteiger partial charge in [-0.15, -0.1) is 20.2 Å². The number of rotatable bonds is 22. The monoisotopic (exact) mass is 1800 g/mol. The fourth-order valence-electron chi connectivity index (χ4n) is 13.2. The van der Waals surface area contributed by atoms with E-state index in [1.807, 2.05) is 98.9 Å². The fourth-order valence-corrected chi connectivity index (χ4v) is 13.7. The number of methoxy groups -OCH3 is 3. The van der Waals surface area contributed by atoms with E-state index in [9.17, 15) is 24.6 Å². The standard InChI is InChI=1S/C22H28N8O4.C22H30N8O.C15H13FN6O4.C10H17BN2O2.C8H7ClN4.C4H2Cl2N2/c1-27(2)16-6-9-29(10-7-16)19-12-20(33-4)18(11-21(19)34-30(31)32)26-22-23-8-5-17(25-22)15-13-24-28(3)14-15;1-28(2)16-6-9-30(10-7-16)20-12-21(31-4)19(11-17(20)23)27-22-24-8-5-18(26-22)15-13-25-29(3)14-15;1-21-8-9(7-18-21)11-3-4-17-15(19-11)20-12-6-13(26-22(23)24)10(16)5-14(12)25-2;1-9(2)10(3,4)15-11(14-9)8-6-12-13(5)7-8;1-13-5-6(4-11-13)7-2-3-10-8(9)12-7;5-3-1-2-7-4(6)8-3/h5,8,11-14,16H,6-7,9-10H2,1-4H3,(H,23,25,26);5,8,11-14,16H,6-7,9-10,23H2,1-4H3,(H,24,26,27);3-8H,1-2H3,(H,17,19,20);6-7H,1-5H3;2-5H,1H3;1-2H. The SMILES string of the molecule is COc1cc(F)c(O[N+](=O)[O-])cc1Nc1nccc(-c2cnn(C)c2)n1.COc1cc(N2CCC(N(C)C)CC2)c(N)cc1Nc1nccc(-c2cnn(C)c2)n1.COc1cc(N2CCC(N(C)C)CC2)c(O[N+](=O)[O-])cc1Nc1nccc(-c2cnn(C)c2)n1.Clc1ccnc(Cl)n1.Cn1cc(-c2ccnc(Cl)n2)cn1.Cn1cc(B2OC(C)(C)C(C)(C)O2)cn1. The summed E-state index contributed by atoms with van der Waals surface area (Å²) in [6, 6.07) is 19.0. The summed E-state index contributed by atoms with van der Waals surface area (Å²) in [7, 11) is 21.9. The Balaban J connectivity index is 0.000000156. The van der Waals surface area contributed by atoms with Gasteiger partial charge in [0.25, 0.3) is 10.2 Å². The fraction of sp³-hybridized carbons (Fsp3) is 0.346. The molecule has 3 aliphatic heterocycles. The Hall–Kier alpha value is -13.6. The number of nitrogens with two attached hydrogens (primary N) is 1. The molecule has 668 valence electrons. The summed E-state index contributed by atoms with van der Waals surface area (Å²) in [5.74, 6) is 0.891. The number of anilines is 9. The van der Waals surface area contributed by atoms with Crippen LogP contribution in [0.25, 0.3) is 45.0 Å². The van der Waals surface area contributed by atoms with Crippen molar-refractivity contribution in [1.82, 2.24) is 109 Å². The highest BCUT2D eigenvalue weighted by atomic mass is 35.5. The maximum atomic E-state index is 13.8. The molecule has 13 aromatic rings. The molecule has 10 aromatic heterocycles. The number of hydrogen-bond donors (Lipinski definition) is 4. The van der Waals surface area contributed by atoms with Gasteiger partial charge in [-0.25, -0.2) is 54.2 Å². The third-order valence-electron chi connectivity index (χ3n) is 20.5. The second-order valence-corrected chi connectivity index (χ2v) is 31.3. The van der Waals surface area contributed by atoms with E-state index < -0.39 is 21.7 Å². The molecule has 0 spiro atoms. The smallest absolute Gasteiger partial charge is 0.494 e. The predicted octanol–water partition coefficient (Wildman–Crippen LogP) is 11.8. The highest BCUT2D eigenvalue weighted by Crippen LogP contribution is 2.43. The molecule has 5 N–H and O–H groups in total. The van der Waals surface area contributed by atoms with E-state index in [0.717, 1.165) is 114 Å². The molecule has 13 heterocycles. The van der Waals surface area contributed by atoms with Crippen molar-refractivity contribution in [2.24, 2.45) is 35.2 Å². The van der Waals surface area contributed by atoms with Crippen molar-refractivity contribution in [3.63, 3.8) is 0 Å². The maximum absolute atomic E-state index is 13.8. The summed E-state index contributed by atoms with van der Waals surface area (Å²) in [5.41, 5.74) is 16.9. The van der Waals surface area contributed by atoms with Gasteiger partial charge in [0.05, 0.1) is 114 Å². The number of benzene rings is 3. The Kier molecular flexibility index (Phi) is 31.8. The summed E-state index contributed by atoms with van der Waals surface area (Å²) in [6.45, 7) is 11.6. The molecule has 3 aliphatic rings. The van der Waals surface area contributed by atoms with Gasteiger partial charge < -0.3 is 64.8 Å². The van der Waals surface area contributed by atoms with Gasteiger partial charge in [-0.2, -0.15) is 25.5 Å². The molecule has 16 rings (SSSR count). The Morgan fingerprint density at radius 2 is 0.819 bits per heavy atom. The summed E-state index contributed by atoms with van der Waals surface area (Å²) < 4.78 is 50.5. The summed E-state index contributed by atoms with van der Waals surface area (Å²) in [5, 5.41) is 50.4. The average Bonchev–Trinajstić information content (AvgIpc) is 1.67. The third kappa shape index (κ3) is 25.8. The zero-order valence-corrected chi connectivity index (χ0v) is 74.9. The van der Waals surface area contributed by atoms with Crippen molar-refractivity contribution >= 4 is 99.4 Å². The Labute approximate surface area is 746 Å². The highest BCUT2D eigenvalue weighted by molar-refractivity contribution is 6.62. The lowest BCUT2D eigenvalue weighted by atomic mass is 9.82. The first kappa shape index (κ1) is 94.1. The van der Waals surface area contributed by atoms with Crippen LogP contribution in [-0.4, -0.2) is 225 Å². The first-order valence-corrected chi connectivity index (χ1v) is 40.5. The first-order chi connectivity index (χ1) is 60.6. The number of nitrogens with zero attached hydrogens (tertiary/aromatic N) is 26. The molecular weight excluding hydrogens is 1710 g/mol. The number of halogens is 4. The third-order valence-corrected chi connectivity index (χ3v) is 21.1. The molecule has 0 atom stereocenters. The van der Waals surface area contributed by atoms with Crippen molar-refractivity contribution in [3.8, 4) is 73.8 Å². The first-order valence-electron chi connectivity index (χ1n) is 39.4. The molecule has 3 saturated heterocycles. The van der Waals surface area contributed by atoms with Gasteiger partial charge in [-0.05, 0) is 153 Å². The van der Waals surface area contributed by atoms with Crippen LogP contribution in [0.1, 0.15) is 53.4 Å². The number of ether oxygens (including phenoxy) is 3. The lowest BCUT2D eigenvalue weighted by Gasteiger charge is -2.37. The molecule has 0 bridgehead atoms. The Bertz CT molecular complexity index is 5830. The molecular formula is C81H97BCl3FN30O11. The molecule has 0 aliphatic carbocycles. The molecule has 0 saturated carbocycles. The Morgan fingerprint density at radius 3 is 1.17 bits per heavy atom. The van der Waals surface area contributed by atoms with E-state index in [0.29, 0.717) is 69.1 Å². The van der Waals surface area contributed by atoms with Gasteiger partial charge in [0.15, 0.2) is 17.3 Å². The van der Waals surface area contributed by atoms with Crippen molar-refractivity contribution in [3.05, 3.63) is 201 Å². The van der Waals surface area contributed by atoms with E-state index in [2.05, 4.69) is 144 Å². The quantitative estimate of drug-likeness (QED) is 0.0122. The Morgan fingerprint density at radius 1 is 0.472 bits per heavy atom. The van der Waals surface area contributed by atoms with E-state index in [1.54, 1.807) is 137 Å². The molecule has 3 fully saturated rings. The maximum Gasteiger partial charge on any atom is 0.498 e. The molecule has 0 unspecified atom stereocenters. The zero-order chi connectivity index (χ0) is 91.4. The van der Waals surface area contributed by atoms with E-state index in [-0.39, 0.29) is 52.0 Å². The molecule has 41 nitrogen and oxygen atoms in total. The van der Waals surface area contributed by atoms with Crippen molar-refractivity contribution in [1.29, 1.82) is 0 Å². The number of aromatic nitrogens is 20.